The van der Waals surface area contributed by atoms with Gasteiger partial charge in [0.25, 0.3) is 0 Å². The molecule has 5 atom stereocenters. The Bertz CT molecular complexity index is 572. The molecule has 0 aliphatic heterocycles. The standard InChI is InChI=1S/C21H29BrO/c1-21-10-9-18-17-7-4-6-16(23-2)11-14(17)5-3-8-19(18)20(21)12-15(22)13-21/h4,7,11,15,18-20H,3,5-6,8-10,12-13H2,1-2H3/t15-,18?,19?,20?,21?/m1/s1. The fourth-order valence-electron chi connectivity index (χ4n) is 6.04. The van der Waals surface area contributed by atoms with E-state index in [0.29, 0.717) is 5.41 Å². The Morgan fingerprint density at radius 3 is 3.00 bits per heavy atom. The quantitative estimate of drug-likeness (QED) is 0.497. The number of ether oxygens (including phenoxy) is 1. The van der Waals surface area contributed by atoms with E-state index in [9.17, 15) is 0 Å². The average Bonchev–Trinajstić information content (AvgIpc) is 2.67. The van der Waals surface area contributed by atoms with Gasteiger partial charge in [0, 0.05) is 11.2 Å². The molecule has 0 heterocycles. The normalized spacial score (nSPS) is 43.0. The molecule has 2 fully saturated rings. The molecule has 0 saturated heterocycles. The first kappa shape index (κ1) is 16.0. The number of rotatable bonds is 1. The van der Waals surface area contributed by atoms with Crippen LogP contribution in [0.2, 0.25) is 0 Å². The topological polar surface area (TPSA) is 9.23 Å². The zero-order valence-corrected chi connectivity index (χ0v) is 16.1. The summed E-state index contributed by atoms with van der Waals surface area (Å²) in [5, 5.41) is 0. The number of hydrogen-bond acceptors (Lipinski definition) is 1. The van der Waals surface area contributed by atoms with Gasteiger partial charge in [0.05, 0.1) is 12.9 Å². The third-order valence-corrected chi connectivity index (χ3v) is 7.82. The van der Waals surface area contributed by atoms with Crippen molar-refractivity contribution in [1.29, 1.82) is 0 Å². The van der Waals surface area contributed by atoms with Crippen LogP contribution in [0.3, 0.4) is 0 Å². The molecule has 4 rings (SSSR count). The minimum absolute atomic E-state index is 0.586. The van der Waals surface area contributed by atoms with Gasteiger partial charge in [-0.1, -0.05) is 35.0 Å². The molecule has 2 heteroatoms. The van der Waals surface area contributed by atoms with Gasteiger partial charge in [-0.15, -0.1) is 0 Å². The van der Waals surface area contributed by atoms with E-state index in [1.165, 1.54) is 44.9 Å². The zero-order chi connectivity index (χ0) is 16.0. The van der Waals surface area contributed by atoms with Gasteiger partial charge >= 0.3 is 0 Å². The van der Waals surface area contributed by atoms with Crippen LogP contribution < -0.4 is 0 Å². The molecule has 4 unspecified atom stereocenters. The van der Waals surface area contributed by atoms with Crippen LogP contribution >= 0.6 is 15.9 Å². The highest BCUT2D eigenvalue weighted by molar-refractivity contribution is 9.09. The molecule has 4 aliphatic carbocycles. The van der Waals surface area contributed by atoms with Gasteiger partial charge in [-0.2, -0.15) is 0 Å². The Morgan fingerprint density at radius 1 is 1.30 bits per heavy atom. The number of fused-ring (bicyclic) bond motifs is 4. The number of hydrogen-bond donors (Lipinski definition) is 0. The Labute approximate surface area is 149 Å². The lowest BCUT2D eigenvalue weighted by Gasteiger charge is -2.46. The van der Waals surface area contributed by atoms with Gasteiger partial charge < -0.3 is 4.74 Å². The van der Waals surface area contributed by atoms with Crippen LogP contribution in [-0.4, -0.2) is 11.9 Å². The SMILES string of the molecule is COC1=CC2=C(C=CC1)C1CCC3(C)C[C@H](Br)CC3C1CCC2. The molecule has 23 heavy (non-hydrogen) atoms. The highest BCUT2D eigenvalue weighted by Gasteiger charge is 2.52. The van der Waals surface area contributed by atoms with Crippen molar-refractivity contribution in [3.05, 3.63) is 35.1 Å². The summed E-state index contributed by atoms with van der Waals surface area (Å²) in [6.07, 6.45) is 17.7. The van der Waals surface area contributed by atoms with Crippen molar-refractivity contribution in [2.75, 3.05) is 7.11 Å². The average molecular weight is 377 g/mol. The van der Waals surface area contributed by atoms with Crippen LogP contribution in [-0.2, 0) is 4.74 Å². The zero-order valence-electron chi connectivity index (χ0n) is 14.5. The van der Waals surface area contributed by atoms with Crippen LogP contribution in [0.1, 0.15) is 58.3 Å². The van der Waals surface area contributed by atoms with Gasteiger partial charge in [-0.3, -0.25) is 0 Å². The monoisotopic (exact) mass is 376 g/mol. The van der Waals surface area contributed by atoms with E-state index in [0.717, 1.165) is 34.8 Å². The second-order valence-corrected chi connectivity index (χ2v) is 9.70. The molecule has 0 amide bonds. The molecule has 0 aromatic rings. The molecule has 0 aromatic heterocycles. The maximum absolute atomic E-state index is 5.57. The minimum Gasteiger partial charge on any atom is -0.501 e. The smallest absolute Gasteiger partial charge is 0.0995 e. The largest absolute Gasteiger partial charge is 0.501 e. The fourth-order valence-corrected chi connectivity index (χ4v) is 7.18. The highest BCUT2D eigenvalue weighted by Crippen LogP contribution is 2.60. The second-order valence-electron chi connectivity index (χ2n) is 8.40. The molecule has 2 saturated carbocycles. The van der Waals surface area contributed by atoms with Crippen molar-refractivity contribution >= 4 is 15.9 Å². The van der Waals surface area contributed by atoms with Crippen molar-refractivity contribution < 1.29 is 4.74 Å². The molecule has 0 spiro atoms. The third-order valence-electron chi connectivity index (χ3n) is 7.12. The predicted octanol–water partition coefficient (Wildman–Crippen LogP) is 6.16. The Morgan fingerprint density at radius 2 is 2.17 bits per heavy atom. The van der Waals surface area contributed by atoms with Crippen LogP contribution in [0.5, 0.6) is 0 Å². The number of methoxy groups -OCH3 is 1. The maximum Gasteiger partial charge on any atom is 0.0995 e. The summed E-state index contributed by atoms with van der Waals surface area (Å²) in [5.74, 6) is 3.73. The maximum atomic E-state index is 5.57. The van der Waals surface area contributed by atoms with Crippen molar-refractivity contribution in [3.8, 4) is 0 Å². The molecular weight excluding hydrogens is 348 g/mol. The summed E-state index contributed by atoms with van der Waals surface area (Å²) >= 11 is 3.95. The summed E-state index contributed by atoms with van der Waals surface area (Å²) in [5.41, 5.74) is 3.81. The molecule has 0 radical (unpaired) electrons. The van der Waals surface area contributed by atoms with Crippen LogP contribution in [0.25, 0.3) is 0 Å². The molecule has 126 valence electrons. The van der Waals surface area contributed by atoms with E-state index >= 15 is 0 Å². The molecule has 4 aliphatic rings. The summed E-state index contributed by atoms with van der Waals surface area (Å²) in [6, 6.07) is 0. The lowest BCUT2D eigenvalue weighted by Crippen LogP contribution is -2.38. The second kappa shape index (κ2) is 6.10. The van der Waals surface area contributed by atoms with Gasteiger partial charge in [0.15, 0.2) is 0 Å². The number of alkyl halides is 1. The number of halogens is 1. The Hall–Kier alpha value is -0.500. The van der Waals surface area contributed by atoms with Crippen LogP contribution in [0.15, 0.2) is 35.1 Å². The van der Waals surface area contributed by atoms with Crippen LogP contribution in [0, 0.1) is 23.2 Å². The van der Waals surface area contributed by atoms with Gasteiger partial charge in [0.2, 0.25) is 0 Å². The first-order valence-electron chi connectivity index (χ1n) is 9.39. The van der Waals surface area contributed by atoms with E-state index in [4.69, 9.17) is 4.74 Å². The summed E-state index contributed by atoms with van der Waals surface area (Å²) in [4.78, 5) is 0.748. The molecular formula is C21H29BrO. The molecule has 0 N–H and O–H groups in total. The predicted molar refractivity (Wildman–Crippen MR) is 99.5 cm³/mol. The third kappa shape index (κ3) is 2.75. The van der Waals surface area contributed by atoms with Crippen LogP contribution in [0.4, 0.5) is 0 Å². The van der Waals surface area contributed by atoms with E-state index in [1.807, 2.05) is 7.11 Å². The lowest BCUT2D eigenvalue weighted by atomic mass is 9.58. The summed E-state index contributed by atoms with van der Waals surface area (Å²) in [6.45, 7) is 2.57. The van der Waals surface area contributed by atoms with Crippen molar-refractivity contribution in [2.24, 2.45) is 23.2 Å². The first-order valence-corrected chi connectivity index (χ1v) is 10.3. The van der Waals surface area contributed by atoms with Crippen molar-refractivity contribution in [1.82, 2.24) is 0 Å². The first-order chi connectivity index (χ1) is 11.1. The Balaban J connectivity index is 1.70. The van der Waals surface area contributed by atoms with Gasteiger partial charge in [-0.05, 0) is 85.3 Å². The van der Waals surface area contributed by atoms with Crippen molar-refractivity contribution in [2.45, 2.75) is 63.1 Å². The minimum atomic E-state index is 0.586. The van der Waals surface area contributed by atoms with E-state index in [1.54, 1.807) is 11.1 Å². The lowest BCUT2D eigenvalue weighted by molar-refractivity contribution is 0.0515. The van der Waals surface area contributed by atoms with E-state index in [-0.39, 0.29) is 0 Å². The molecule has 1 nitrogen and oxygen atoms in total. The van der Waals surface area contributed by atoms with Gasteiger partial charge in [0.1, 0.15) is 0 Å². The Kier molecular flexibility index (Phi) is 4.24. The fraction of sp³-hybridized carbons (Fsp3) is 0.714. The molecule has 0 aromatic carbocycles. The number of allylic oxidation sites excluding steroid dienone is 5. The van der Waals surface area contributed by atoms with E-state index in [2.05, 4.69) is 41.1 Å². The molecule has 0 bridgehead atoms. The van der Waals surface area contributed by atoms with E-state index < -0.39 is 0 Å². The van der Waals surface area contributed by atoms with Gasteiger partial charge in [-0.25, -0.2) is 0 Å². The summed E-state index contributed by atoms with van der Waals surface area (Å²) < 4.78 is 5.57. The highest BCUT2D eigenvalue weighted by atomic mass is 79.9. The summed E-state index contributed by atoms with van der Waals surface area (Å²) in [7, 11) is 1.81. The van der Waals surface area contributed by atoms with Crippen molar-refractivity contribution in [3.63, 3.8) is 0 Å².